The van der Waals surface area contributed by atoms with Crippen LogP contribution in [0.1, 0.15) is 106 Å². The molecule has 0 aromatic carbocycles. The third-order valence-electron chi connectivity index (χ3n) is 13.4. The van der Waals surface area contributed by atoms with Gasteiger partial charge in [0.1, 0.15) is 18.3 Å². The van der Waals surface area contributed by atoms with E-state index in [9.17, 15) is 20.1 Å². The fourth-order valence-electron chi connectivity index (χ4n) is 10.7. The normalized spacial score (nSPS) is 47.4. The molecule has 1 heterocycles. The zero-order chi connectivity index (χ0) is 31.4. The summed E-state index contributed by atoms with van der Waals surface area (Å²) in [7, 11) is 0. The fourth-order valence-corrected chi connectivity index (χ4v) is 11.0. The molecule has 4 aliphatic carbocycles. The van der Waals surface area contributed by atoms with E-state index >= 15 is 0 Å². The zero-order valence-corrected chi connectivity index (χ0v) is 28.4. The number of rotatable bonds is 8. The van der Waals surface area contributed by atoms with Crippen molar-refractivity contribution in [3.05, 3.63) is 23.3 Å². The summed E-state index contributed by atoms with van der Waals surface area (Å²) in [6.45, 7) is 15.6. The molecule has 0 amide bonds. The van der Waals surface area contributed by atoms with Crippen LogP contribution >= 0.6 is 12.6 Å². The topological polar surface area (TPSA) is 96.2 Å². The maximum atomic E-state index is 13.0. The highest BCUT2D eigenvalue weighted by Gasteiger charge is 2.60. The van der Waals surface area contributed by atoms with E-state index in [1.54, 1.807) is 12.5 Å². The molecule has 1 unspecified atom stereocenters. The summed E-state index contributed by atoms with van der Waals surface area (Å²) in [5, 5.41) is 31.1. The van der Waals surface area contributed by atoms with Crippen LogP contribution in [0.5, 0.6) is 0 Å². The number of ether oxygens (including phenoxy) is 2. The molecule has 0 spiro atoms. The Hall–Kier alpha value is -0.700. The molecule has 5 rings (SSSR count). The van der Waals surface area contributed by atoms with Gasteiger partial charge in [-0.2, -0.15) is 0 Å². The van der Waals surface area contributed by atoms with Crippen molar-refractivity contribution in [2.24, 2.45) is 52.3 Å². The molecule has 0 bridgehead atoms. The van der Waals surface area contributed by atoms with E-state index < -0.39 is 30.7 Å². The van der Waals surface area contributed by atoms with Crippen LogP contribution in [0.15, 0.2) is 23.3 Å². The number of aliphatic hydroxyl groups excluding tert-OH is 3. The van der Waals surface area contributed by atoms with Crippen LogP contribution in [0, 0.1) is 52.3 Å². The summed E-state index contributed by atoms with van der Waals surface area (Å²) in [6.07, 6.45) is 9.04. The number of fused-ring (bicyclic) bond motifs is 5. The summed E-state index contributed by atoms with van der Waals surface area (Å²) in [6, 6.07) is 0. The second-order valence-corrected chi connectivity index (χ2v) is 16.1. The first-order chi connectivity index (χ1) is 20.2. The van der Waals surface area contributed by atoms with Crippen molar-refractivity contribution in [3.8, 4) is 0 Å². The van der Waals surface area contributed by atoms with Gasteiger partial charge in [-0.1, -0.05) is 57.9 Å². The van der Waals surface area contributed by atoms with Crippen molar-refractivity contribution in [2.45, 2.75) is 143 Å². The van der Waals surface area contributed by atoms with Gasteiger partial charge < -0.3 is 24.8 Å². The molecule has 3 saturated carbocycles. The maximum Gasteiger partial charge on any atom is 0.189 e. The Morgan fingerprint density at radius 3 is 2.37 bits per heavy atom. The largest absolute Gasteiger partial charge is 0.388 e. The first-order valence-electron chi connectivity index (χ1n) is 17.2. The van der Waals surface area contributed by atoms with Gasteiger partial charge in [-0.15, -0.1) is 12.6 Å². The first-order valence-corrected chi connectivity index (χ1v) is 17.6. The number of allylic oxidation sites excluding steroid dienone is 4. The molecule has 0 aromatic heterocycles. The van der Waals surface area contributed by atoms with Crippen molar-refractivity contribution in [1.82, 2.24) is 0 Å². The predicted molar refractivity (Wildman–Crippen MR) is 172 cm³/mol. The molecule has 1 aliphatic heterocycles. The molecule has 0 aromatic rings. The highest BCUT2D eigenvalue weighted by atomic mass is 32.1. The summed E-state index contributed by atoms with van der Waals surface area (Å²) >= 11 is 4.46. The molecule has 7 heteroatoms. The van der Waals surface area contributed by atoms with Gasteiger partial charge in [0, 0.05) is 5.92 Å². The number of carbonyl (C=O) groups excluding carboxylic acids is 1. The van der Waals surface area contributed by atoms with Gasteiger partial charge in [-0.3, -0.25) is 4.79 Å². The van der Waals surface area contributed by atoms with E-state index in [-0.39, 0.29) is 33.9 Å². The zero-order valence-electron chi connectivity index (χ0n) is 27.5. The Kier molecular flexibility index (Phi) is 10.0. The third kappa shape index (κ3) is 5.86. The van der Waals surface area contributed by atoms with E-state index in [0.717, 1.165) is 38.5 Å². The molecule has 43 heavy (non-hydrogen) atoms. The minimum absolute atomic E-state index is 0.0171. The molecule has 1 saturated heterocycles. The lowest BCUT2D eigenvalue weighted by atomic mass is 9.46. The summed E-state index contributed by atoms with van der Waals surface area (Å²) in [4.78, 5) is 13.0. The minimum Gasteiger partial charge on any atom is -0.388 e. The molecule has 6 nitrogen and oxygen atoms in total. The first kappa shape index (κ1) is 33.7. The Morgan fingerprint density at radius 1 is 1.05 bits per heavy atom. The van der Waals surface area contributed by atoms with Gasteiger partial charge in [0.25, 0.3) is 0 Å². The van der Waals surface area contributed by atoms with Crippen molar-refractivity contribution >= 4 is 17.7 Å². The summed E-state index contributed by atoms with van der Waals surface area (Å²) in [5.74, 6) is 2.77. The van der Waals surface area contributed by atoms with Crippen molar-refractivity contribution in [1.29, 1.82) is 0 Å². The molecule has 5 aliphatic rings. The number of aliphatic hydroxyl groups is 3. The molecule has 3 N–H and O–H groups in total. The van der Waals surface area contributed by atoms with E-state index in [2.05, 4.69) is 66.3 Å². The lowest BCUT2D eigenvalue weighted by Gasteiger charge is -2.60. The quantitative estimate of drug-likeness (QED) is 0.184. The van der Waals surface area contributed by atoms with Crippen LogP contribution in [0.3, 0.4) is 0 Å². The molecular weight excluding hydrogens is 560 g/mol. The van der Waals surface area contributed by atoms with Crippen LogP contribution in [-0.4, -0.2) is 57.2 Å². The van der Waals surface area contributed by atoms with Crippen LogP contribution in [0.25, 0.3) is 0 Å². The van der Waals surface area contributed by atoms with Gasteiger partial charge in [0.15, 0.2) is 11.4 Å². The number of hydrogen-bond donors (Lipinski definition) is 4. The van der Waals surface area contributed by atoms with Crippen LogP contribution < -0.4 is 0 Å². The third-order valence-corrected chi connectivity index (χ3v) is 13.7. The Balaban J connectivity index is 1.31. The lowest BCUT2D eigenvalue weighted by Crippen LogP contribution is -2.59. The van der Waals surface area contributed by atoms with E-state index in [0.29, 0.717) is 29.6 Å². The van der Waals surface area contributed by atoms with Crippen LogP contribution in [0.2, 0.25) is 0 Å². The number of hydrogen-bond acceptors (Lipinski definition) is 6. The second kappa shape index (κ2) is 12.8. The van der Waals surface area contributed by atoms with Gasteiger partial charge >= 0.3 is 0 Å². The molecule has 4 fully saturated rings. The molecule has 0 radical (unpaired) electrons. The van der Waals surface area contributed by atoms with E-state index in [1.165, 1.54) is 24.8 Å². The average Bonchev–Trinajstić information content (AvgIpc) is 3.30. The highest BCUT2D eigenvalue weighted by molar-refractivity contribution is 7.96. The summed E-state index contributed by atoms with van der Waals surface area (Å²) < 4.78 is 12.2. The van der Waals surface area contributed by atoms with Crippen molar-refractivity contribution in [2.75, 3.05) is 0 Å². The number of thiol groups is 1. The Morgan fingerprint density at radius 2 is 1.72 bits per heavy atom. The van der Waals surface area contributed by atoms with Gasteiger partial charge in [0.2, 0.25) is 0 Å². The highest BCUT2D eigenvalue weighted by Crippen LogP contribution is 2.67. The van der Waals surface area contributed by atoms with Gasteiger partial charge in [-0.25, -0.2) is 0 Å². The fraction of sp³-hybridized carbons (Fsp3) is 0.861. The number of carbonyl (C=O) groups is 1. The Labute approximate surface area is 265 Å². The SMILES string of the molecule is C/C=C(/CC[C@@H](C(=O)S)[C@H]1CC[C@H]2C3=CCC4[C@H](C)[C@@H](O[C@@H]5O[C@@H](C)[C@H](O)[C@@H](O)[C@@H]5O)CC[C@]4(C)[C@H]3CC[C@]12C)C(C)C. The van der Waals surface area contributed by atoms with E-state index in [4.69, 9.17) is 9.47 Å². The maximum absolute atomic E-state index is 13.0. The minimum atomic E-state index is -1.28. The molecular formula is C36H58O6S. The summed E-state index contributed by atoms with van der Waals surface area (Å²) in [5.41, 5.74) is 3.44. The lowest BCUT2D eigenvalue weighted by molar-refractivity contribution is -0.313. The van der Waals surface area contributed by atoms with Crippen molar-refractivity contribution in [3.63, 3.8) is 0 Å². The molecule has 14 atom stereocenters. The van der Waals surface area contributed by atoms with Crippen LogP contribution in [-0.2, 0) is 14.3 Å². The standard InChI is InChI=1S/C36H58O6S/c1-8-22(19(2)3)9-10-24(33(40)43)27-14-13-26-23-11-12-25-20(4)29(42-34-32(39)31(38)30(37)21(5)41-34)16-18-35(25,6)28(23)15-17-36(26,27)7/h8,11,19-21,24-32,34,37-39H,9-10,12-18H2,1-7H3,(H,40,43)/b22-8-/t20-,21-,24+,25?,26-,27+,28-,29-,30-,31+,32-,34-,35-,36-/m0/s1. The van der Waals surface area contributed by atoms with E-state index in [1.807, 2.05) is 0 Å². The second-order valence-electron chi connectivity index (χ2n) is 15.6. The van der Waals surface area contributed by atoms with Gasteiger partial charge in [-0.05, 0) is 118 Å². The van der Waals surface area contributed by atoms with Crippen molar-refractivity contribution < 1.29 is 29.6 Å². The monoisotopic (exact) mass is 618 g/mol. The van der Waals surface area contributed by atoms with Gasteiger partial charge in [0.05, 0.1) is 12.2 Å². The smallest absolute Gasteiger partial charge is 0.189 e. The van der Waals surface area contributed by atoms with Crippen LogP contribution in [0.4, 0.5) is 0 Å². The average molecular weight is 619 g/mol. The Bertz CT molecular complexity index is 1090. The molecule has 244 valence electrons. The predicted octanol–water partition coefficient (Wildman–Crippen LogP) is 6.48.